The molecule has 0 bridgehead atoms. The number of fused-ring (bicyclic) bond motifs is 1. The summed E-state index contributed by atoms with van der Waals surface area (Å²) in [5.41, 5.74) is 8.50. The molecule has 1 aromatic heterocycles. The number of aromatic nitrogens is 1. The molecular weight excluding hydrogens is 532 g/mol. The Hall–Kier alpha value is -5.38. The van der Waals surface area contributed by atoms with E-state index < -0.39 is 0 Å². The highest BCUT2D eigenvalue weighted by Crippen LogP contribution is 2.41. The minimum absolute atomic E-state index is 0.512. The van der Waals surface area contributed by atoms with E-state index >= 15 is 0 Å². The van der Waals surface area contributed by atoms with Gasteiger partial charge in [-0.15, -0.1) is 0 Å². The lowest BCUT2D eigenvalue weighted by Crippen LogP contribution is -2.31. The molecule has 2 heterocycles. The van der Waals surface area contributed by atoms with Crippen molar-refractivity contribution in [1.29, 1.82) is 5.26 Å². The summed E-state index contributed by atoms with van der Waals surface area (Å²) in [7, 11) is 3.33. The van der Waals surface area contributed by atoms with Gasteiger partial charge in [0.05, 0.1) is 19.9 Å². The molecule has 1 aliphatic heterocycles. The Bertz CT molecular complexity index is 1780. The molecule has 1 aliphatic rings. The molecule has 6 rings (SSSR count). The van der Waals surface area contributed by atoms with Crippen molar-refractivity contribution in [3.8, 4) is 28.7 Å². The third kappa shape index (κ3) is 6.13. The monoisotopic (exact) mass is 564 g/mol. The highest BCUT2D eigenvalue weighted by Gasteiger charge is 2.29. The van der Waals surface area contributed by atoms with E-state index in [1.807, 2.05) is 72.8 Å². The van der Waals surface area contributed by atoms with Crippen LogP contribution in [0.5, 0.6) is 11.5 Å². The van der Waals surface area contributed by atoms with E-state index in [9.17, 15) is 5.26 Å². The largest absolute Gasteiger partial charge is 0.497 e. The van der Waals surface area contributed by atoms with Crippen LogP contribution in [-0.4, -0.2) is 30.6 Å². The molecule has 212 valence electrons. The summed E-state index contributed by atoms with van der Waals surface area (Å²) in [4.78, 5) is 7.58. The van der Waals surface area contributed by atoms with E-state index in [2.05, 4.69) is 58.8 Å². The van der Waals surface area contributed by atoms with Crippen molar-refractivity contribution >= 4 is 23.2 Å². The van der Waals surface area contributed by atoms with Gasteiger partial charge in [-0.1, -0.05) is 72.8 Å². The number of rotatable bonds is 8. The van der Waals surface area contributed by atoms with E-state index in [0.29, 0.717) is 24.5 Å². The zero-order valence-electron chi connectivity index (χ0n) is 24.2. The minimum atomic E-state index is 0.512. The summed E-state index contributed by atoms with van der Waals surface area (Å²) in [6.07, 6.45) is 2.19. The van der Waals surface area contributed by atoms with Crippen molar-refractivity contribution in [2.24, 2.45) is 0 Å². The number of nitrogens with zero attached hydrogens (tertiary/aromatic N) is 3. The molecule has 0 saturated carbocycles. The van der Waals surface area contributed by atoms with Crippen LogP contribution in [0, 0.1) is 11.3 Å². The minimum Gasteiger partial charge on any atom is -0.497 e. The van der Waals surface area contributed by atoms with Crippen LogP contribution in [-0.2, 0) is 13.1 Å². The highest BCUT2D eigenvalue weighted by atomic mass is 16.5. The van der Waals surface area contributed by atoms with Gasteiger partial charge in [0.2, 0.25) is 0 Å². The lowest BCUT2D eigenvalue weighted by atomic mass is 9.88. The molecule has 0 atom stereocenters. The number of methoxy groups -OCH3 is 2. The van der Waals surface area contributed by atoms with Crippen LogP contribution in [0.4, 0.5) is 11.5 Å². The first kappa shape index (κ1) is 27.8. The van der Waals surface area contributed by atoms with Gasteiger partial charge in [0.15, 0.2) is 0 Å². The number of benzene rings is 4. The molecule has 0 radical (unpaired) electrons. The number of nitriles is 1. The molecule has 6 heteroatoms. The quantitative estimate of drug-likeness (QED) is 0.206. The predicted octanol–water partition coefficient (Wildman–Crippen LogP) is 7.94. The molecule has 5 aromatic rings. The maximum atomic E-state index is 10.6. The summed E-state index contributed by atoms with van der Waals surface area (Å²) in [6, 6.07) is 38.8. The topological polar surface area (TPSA) is 70.4 Å². The van der Waals surface area contributed by atoms with Crippen LogP contribution in [0.3, 0.4) is 0 Å². The Kier molecular flexibility index (Phi) is 8.17. The second kappa shape index (κ2) is 12.6. The highest BCUT2D eigenvalue weighted by molar-refractivity contribution is 5.90. The Morgan fingerprint density at radius 3 is 2.07 bits per heavy atom. The molecular formula is C37H32N4O2. The Balaban J connectivity index is 1.56. The van der Waals surface area contributed by atoms with Crippen LogP contribution in [0.15, 0.2) is 109 Å². The molecule has 0 amide bonds. The average molecular weight is 565 g/mol. The number of ether oxygens (including phenoxy) is 2. The third-order valence-corrected chi connectivity index (χ3v) is 7.61. The van der Waals surface area contributed by atoms with E-state index in [1.54, 1.807) is 14.2 Å². The first-order chi connectivity index (χ1) is 21.1. The van der Waals surface area contributed by atoms with Gasteiger partial charge >= 0.3 is 0 Å². The van der Waals surface area contributed by atoms with Crippen LogP contribution < -0.4 is 14.8 Å². The average Bonchev–Trinajstić information content (AvgIpc) is 3.06. The molecule has 0 aliphatic carbocycles. The number of hydrogen-bond donors (Lipinski definition) is 1. The fourth-order valence-corrected chi connectivity index (χ4v) is 5.54. The summed E-state index contributed by atoms with van der Waals surface area (Å²) >= 11 is 0. The van der Waals surface area contributed by atoms with E-state index in [1.165, 1.54) is 5.56 Å². The summed E-state index contributed by atoms with van der Waals surface area (Å²) in [5, 5.41) is 14.0. The van der Waals surface area contributed by atoms with Crippen molar-refractivity contribution in [2.45, 2.75) is 13.1 Å². The van der Waals surface area contributed by atoms with Crippen LogP contribution >= 0.6 is 0 Å². The number of anilines is 2. The van der Waals surface area contributed by atoms with E-state index in [-0.39, 0.29) is 0 Å². The fraction of sp³-hybridized carbons (Fsp3) is 0.135. The Morgan fingerprint density at radius 2 is 1.44 bits per heavy atom. The normalized spacial score (nSPS) is 13.7. The predicted molar refractivity (Wildman–Crippen MR) is 172 cm³/mol. The summed E-state index contributed by atoms with van der Waals surface area (Å²) < 4.78 is 10.8. The third-order valence-electron chi connectivity index (χ3n) is 7.61. The molecule has 0 spiro atoms. The van der Waals surface area contributed by atoms with Gasteiger partial charge in [-0.05, 0) is 64.7 Å². The van der Waals surface area contributed by atoms with Gasteiger partial charge in [0.25, 0.3) is 0 Å². The van der Waals surface area contributed by atoms with Crippen molar-refractivity contribution in [3.63, 3.8) is 0 Å². The van der Waals surface area contributed by atoms with Crippen molar-refractivity contribution < 1.29 is 9.47 Å². The summed E-state index contributed by atoms with van der Waals surface area (Å²) in [5.74, 6) is 2.11. The number of para-hydroxylation sites is 1. The zero-order valence-corrected chi connectivity index (χ0v) is 24.2. The van der Waals surface area contributed by atoms with Crippen molar-refractivity contribution in [1.82, 2.24) is 9.88 Å². The van der Waals surface area contributed by atoms with E-state index in [0.717, 1.165) is 57.3 Å². The van der Waals surface area contributed by atoms with Crippen LogP contribution in [0.1, 0.15) is 27.9 Å². The second-order valence-corrected chi connectivity index (χ2v) is 10.4. The zero-order chi connectivity index (χ0) is 29.6. The van der Waals surface area contributed by atoms with Gasteiger partial charge in [-0.2, -0.15) is 5.26 Å². The molecule has 0 saturated heterocycles. The SMILES string of the molecule is COc1ccc(/C=C2\CN(Cc3ccccc3)Cc3c2nc(Nc2ccccc2)c(C#N)c3-c2ccc(OC)cc2)cc1. The van der Waals surface area contributed by atoms with Gasteiger partial charge in [0, 0.05) is 36.4 Å². The second-order valence-electron chi connectivity index (χ2n) is 10.4. The molecule has 0 unspecified atom stereocenters. The van der Waals surface area contributed by atoms with Gasteiger partial charge in [0.1, 0.15) is 28.9 Å². The fourth-order valence-electron chi connectivity index (χ4n) is 5.54. The number of pyridine rings is 1. The Morgan fingerprint density at radius 1 is 0.814 bits per heavy atom. The van der Waals surface area contributed by atoms with Crippen molar-refractivity contribution in [2.75, 3.05) is 26.1 Å². The molecule has 1 N–H and O–H groups in total. The molecule has 6 nitrogen and oxygen atoms in total. The maximum absolute atomic E-state index is 10.6. The van der Waals surface area contributed by atoms with E-state index in [4.69, 9.17) is 14.5 Å². The standard InChI is InChI=1S/C37H32N4O2/c1-42-31-17-13-26(14-18-31)21-29-24-41(23-27-9-5-3-6-10-27)25-34-35(28-15-19-32(43-2)20-16-28)33(22-38)37(40-36(29)34)39-30-11-7-4-8-12-30/h3-21H,23-25H2,1-2H3,(H,39,40)/b29-21+. The smallest absolute Gasteiger partial charge is 0.149 e. The van der Waals surface area contributed by atoms with Gasteiger partial charge in [-0.3, -0.25) is 4.90 Å². The molecule has 0 fully saturated rings. The summed E-state index contributed by atoms with van der Waals surface area (Å²) in [6.45, 7) is 2.13. The van der Waals surface area contributed by atoms with Gasteiger partial charge in [-0.25, -0.2) is 4.98 Å². The van der Waals surface area contributed by atoms with Crippen LogP contribution in [0.2, 0.25) is 0 Å². The number of nitrogens with one attached hydrogen (secondary N) is 1. The molecule has 4 aromatic carbocycles. The van der Waals surface area contributed by atoms with Crippen LogP contribution in [0.25, 0.3) is 22.8 Å². The van der Waals surface area contributed by atoms with Crippen molar-refractivity contribution in [3.05, 3.63) is 137 Å². The first-order valence-corrected chi connectivity index (χ1v) is 14.2. The van der Waals surface area contributed by atoms with Gasteiger partial charge < -0.3 is 14.8 Å². The Labute approximate surface area is 252 Å². The maximum Gasteiger partial charge on any atom is 0.149 e. The number of hydrogen-bond acceptors (Lipinski definition) is 6. The first-order valence-electron chi connectivity index (χ1n) is 14.2. The lowest BCUT2D eigenvalue weighted by molar-refractivity contribution is 0.282. The molecule has 43 heavy (non-hydrogen) atoms. The lowest BCUT2D eigenvalue weighted by Gasteiger charge is -2.33.